The Labute approximate surface area is 154 Å². The van der Waals surface area contributed by atoms with E-state index in [2.05, 4.69) is 33.5 Å². The van der Waals surface area contributed by atoms with Crippen LogP contribution in [0.15, 0.2) is 30.3 Å². The Hall–Kier alpha value is -1.53. The summed E-state index contributed by atoms with van der Waals surface area (Å²) in [7, 11) is 0. The van der Waals surface area contributed by atoms with E-state index in [9.17, 15) is 5.11 Å². The molecule has 0 spiro atoms. The molecule has 1 fully saturated rings. The summed E-state index contributed by atoms with van der Waals surface area (Å²) in [6.07, 6.45) is 0.458. The molecule has 1 aromatic carbocycles. The molecule has 0 aliphatic carbocycles. The van der Waals surface area contributed by atoms with E-state index < -0.39 is 5.60 Å². The van der Waals surface area contributed by atoms with Crippen LogP contribution in [0, 0.1) is 5.92 Å². The summed E-state index contributed by atoms with van der Waals surface area (Å²) in [6, 6.07) is 9.81. The van der Waals surface area contributed by atoms with Crippen LogP contribution in [-0.2, 0) is 18.6 Å². The Morgan fingerprint density at radius 2 is 1.84 bits per heavy atom. The Kier molecular flexibility index (Phi) is 5.69. The molecule has 0 bridgehead atoms. The van der Waals surface area contributed by atoms with Crippen LogP contribution in [0.1, 0.15) is 32.2 Å². The molecule has 1 N–H and O–H groups in total. The summed E-state index contributed by atoms with van der Waals surface area (Å²) in [5.41, 5.74) is -0.0528. The Morgan fingerprint density at radius 1 is 1.16 bits per heavy atom. The van der Waals surface area contributed by atoms with Gasteiger partial charge in [-0.25, -0.2) is 0 Å². The average Bonchev–Trinajstić information content (AvgIpc) is 2.98. The van der Waals surface area contributed by atoms with E-state index in [1.54, 1.807) is 0 Å². The first-order valence-corrected chi connectivity index (χ1v) is 10.2. The number of thioether (sulfide) groups is 1. The molecule has 1 saturated heterocycles. The third-order valence-corrected chi connectivity index (χ3v) is 5.49. The summed E-state index contributed by atoms with van der Waals surface area (Å²) in [5, 5.41) is 20.0. The van der Waals surface area contributed by atoms with Crippen molar-refractivity contribution in [3.8, 4) is 0 Å². The minimum Gasteiger partial charge on any atom is -0.385 e. The Balaban J connectivity index is 1.88. The highest BCUT2D eigenvalue weighted by Gasteiger charge is 2.28. The summed E-state index contributed by atoms with van der Waals surface area (Å²) in [5.74, 6) is 4.56. The highest BCUT2D eigenvalue weighted by atomic mass is 32.2. The molecular formula is C19H28N4OS. The molecule has 6 heteroatoms. The molecule has 25 heavy (non-hydrogen) atoms. The van der Waals surface area contributed by atoms with Crippen molar-refractivity contribution in [2.24, 2.45) is 5.92 Å². The van der Waals surface area contributed by atoms with Crippen molar-refractivity contribution in [2.75, 3.05) is 29.5 Å². The number of hydrogen-bond acceptors (Lipinski definition) is 5. The minimum atomic E-state index is -0.960. The van der Waals surface area contributed by atoms with E-state index in [0.717, 1.165) is 48.5 Å². The lowest BCUT2D eigenvalue weighted by atomic mass is 9.92. The lowest BCUT2D eigenvalue weighted by Crippen LogP contribution is -2.35. The molecule has 1 aliphatic heterocycles. The van der Waals surface area contributed by atoms with E-state index in [1.165, 1.54) is 0 Å². The molecule has 1 aliphatic rings. The predicted octanol–water partition coefficient (Wildman–Crippen LogP) is 2.94. The van der Waals surface area contributed by atoms with Gasteiger partial charge in [0.05, 0.1) is 5.60 Å². The third-order valence-electron chi connectivity index (χ3n) is 4.55. The lowest BCUT2D eigenvalue weighted by Gasteiger charge is -2.29. The van der Waals surface area contributed by atoms with Crippen molar-refractivity contribution < 1.29 is 5.11 Å². The molecule has 0 radical (unpaired) electrons. The zero-order chi connectivity index (χ0) is 17.9. The number of aliphatic hydroxyl groups is 1. The Morgan fingerprint density at radius 3 is 2.48 bits per heavy atom. The van der Waals surface area contributed by atoms with Crippen molar-refractivity contribution in [3.63, 3.8) is 0 Å². The minimum absolute atomic E-state index is 0.458. The van der Waals surface area contributed by atoms with Crippen LogP contribution in [0.5, 0.6) is 0 Å². The van der Waals surface area contributed by atoms with Gasteiger partial charge in [0, 0.05) is 37.6 Å². The van der Waals surface area contributed by atoms with Gasteiger partial charge in [-0.3, -0.25) is 4.57 Å². The lowest BCUT2D eigenvalue weighted by molar-refractivity contribution is 0.0543. The van der Waals surface area contributed by atoms with E-state index >= 15 is 0 Å². The average molecular weight is 361 g/mol. The summed E-state index contributed by atoms with van der Waals surface area (Å²) in [4.78, 5) is 2.33. The van der Waals surface area contributed by atoms with Crippen LogP contribution in [0.2, 0.25) is 0 Å². The number of benzene rings is 1. The highest BCUT2D eigenvalue weighted by molar-refractivity contribution is 7.99. The standard InChI is InChI=1S/C19H28N4OS/c1-15(2)14-23-17(13-19(3,24)16-7-5-4-6-8-16)20-21-18(23)22-9-11-25-12-10-22/h4-8,15,24H,9-14H2,1-3H3. The summed E-state index contributed by atoms with van der Waals surface area (Å²) >= 11 is 1.99. The second-order valence-electron chi connectivity index (χ2n) is 7.34. The van der Waals surface area contributed by atoms with Gasteiger partial charge in [0.2, 0.25) is 5.95 Å². The van der Waals surface area contributed by atoms with Crippen LogP contribution < -0.4 is 4.90 Å². The summed E-state index contributed by atoms with van der Waals surface area (Å²) < 4.78 is 2.21. The molecule has 0 amide bonds. The van der Waals surface area contributed by atoms with Crippen molar-refractivity contribution in [1.82, 2.24) is 14.8 Å². The van der Waals surface area contributed by atoms with Gasteiger partial charge in [-0.1, -0.05) is 44.2 Å². The van der Waals surface area contributed by atoms with E-state index in [-0.39, 0.29) is 0 Å². The molecule has 1 atom stereocenters. The van der Waals surface area contributed by atoms with Gasteiger partial charge in [0.15, 0.2) is 0 Å². The maximum absolute atomic E-state index is 11.0. The fraction of sp³-hybridized carbons (Fsp3) is 0.579. The van der Waals surface area contributed by atoms with Crippen LogP contribution >= 0.6 is 11.8 Å². The zero-order valence-corrected chi connectivity index (χ0v) is 16.2. The van der Waals surface area contributed by atoms with Crippen molar-refractivity contribution in [1.29, 1.82) is 0 Å². The largest absolute Gasteiger partial charge is 0.385 e. The number of hydrogen-bond donors (Lipinski definition) is 1. The fourth-order valence-corrected chi connectivity index (χ4v) is 4.12. The topological polar surface area (TPSA) is 54.2 Å². The monoisotopic (exact) mass is 360 g/mol. The third kappa shape index (κ3) is 4.36. The Bertz CT molecular complexity index is 678. The summed E-state index contributed by atoms with van der Waals surface area (Å²) in [6.45, 7) is 9.15. The SMILES string of the molecule is CC(C)Cn1c(CC(C)(O)c2ccccc2)nnc1N1CCSCC1. The van der Waals surface area contributed by atoms with E-state index in [1.807, 2.05) is 49.0 Å². The molecule has 1 aromatic heterocycles. The maximum Gasteiger partial charge on any atom is 0.227 e. The van der Waals surface area contributed by atoms with Crippen LogP contribution in [-0.4, -0.2) is 44.5 Å². The molecular weight excluding hydrogens is 332 g/mol. The maximum atomic E-state index is 11.0. The quantitative estimate of drug-likeness (QED) is 0.858. The van der Waals surface area contributed by atoms with Gasteiger partial charge in [0.1, 0.15) is 5.82 Å². The van der Waals surface area contributed by atoms with Gasteiger partial charge < -0.3 is 10.0 Å². The van der Waals surface area contributed by atoms with Crippen molar-refractivity contribution in [3.05, 3.63) is 41.7 Å². The second-order valence-corrected chi connectivity index (χ2v) is 8.56. The highest BCUT2D eigenvalue weighted by Crippen LogP contribution is 2.27. The molecule has 1 unspecified atom stereocenters. The molecule has 5 nitrogen and oxygen atoms in total. The van der Waals surface area contributed by atoms with E-state index in [0.29, 0.717) is 12.3 Å². The van der Waals surface area contributed by atoms with Crippen LogP contribution in [0.3, 0.4) is 0 Å². The van der Waals surface area contributed by atoms with Crippen LogP contribution in [0.4, 0.5) is 5.95 Å². The molecule has 3 rings (SSSR count). The van der Waals surface area contributed by atoms with Gasteiger partial charge in [-0.05, 0) is 18.4 Å². The first-order chi connectivity index (χ1) is 12.0. The molecule has 2 aromatic rings. The number of nitrogens with zero attached hydrogens (tertiary/aromatic N) is 4. The first-order valence-electron chi connectivity index (χ1n) is 9.00. The molecule has 2 heterocycles. The van der Waals surface area contributed by atoms with Crippen molar-refractivity contribution >= 4 is 17.7 Å². The normalized spacial score (nSPS) is 17.7. The van der Waals surface area contributed by atoms with Gasteiger partial charge in [0.25, 0.3) is 0 Å². The second kappa shape index (κ2) is 7.79. The predicted molar refractivity (Wildman–Crippen MR) is 104 cm³/mol. The molecule has 136 valence electrons. The number of aromatic nitrogens is 3. The van der Waals surface area contributed by atoms with Gasteiger partial charge in [-0.2, -0.15) is 11.8 Å². The smallest absolute Gasteiger partial charge is 0.227 e. The van der Waals surface area contributed by atoms with Crippen LogP contribution in [0.25, 0.3) is 0 Å². The number of anilines is 1. The first kappa shape index (κ1) is 18.3. The van der Waals surface area contributed by atoms with Crippen molar-refractivity contribution in [2.45, 2.75) is 39.3 Å². The van der Waals surface area contributed by atoms with Gasteiger partial charge >= 0.3 is 0 Å². The van der Waals surface area contributed by atoms with Gasteiger partial charge in [-0.15, -0.1) is 10.2 Å². The zero-order valence-electron chi connectivity index (χ0n) is 15.4. The fourth-order valence-electron chi connectivity index (χ4n) is 3.21. The number of rotatable bonds is 6. The van der Waals surface area contributed by atoms with E-state index in [4.69, 9.17) is 0 Å². The molecule has 0 saturated carbocycles.